The van der Waals surface area contributed by atoms with Crippen molar-refractivity contribution in [2.24, 2.45) is 0 Å². The lowest BCUT2D eigenvalue weighted by atomic mass is 10.3. The first-order valence-electron chi connectivity index (χ1n) is 3.35. The number of pyridine rings is 1. The van der Waals surface area contributed by atoms with E-state index in [1.54, 1.807) is 6.07 Å². The smallest absolute Gasteiger partial charge is 0.403 e. The number of nitriles is 1. The van der Waals surface area contributed by atoms with Crippen molar-refractivity contribution >= 4 is 45.2 Å². The van der Waals surface area contributed by atoms with Crippen LogP contribution in [0.4, 0.5) is 13.2 Å². The number of ether oxygens (including phenoxy) is 1. The third kappa shape index (κ3) is 3.63. The molecule has 0 unspecified atom stereocenters. The molecule has 0 amide bonds. The van der Waals surface area contributed by atoms with E-state index >= 15 is 0 Å². The monoisotopic (exact) mass is 440 g/mol. The summed E-state index contributed by atoms with van der Waals surface area (Å²) in [4.78, 5) is 3.67. The van der Waals surface area contributed by atoms with Gasteiger partial charge in [-0.2, -0.15) is 5.26 Å². The van der Waals surface area contributed by atoms with Crippen molar-refractivity contribution in [3.63, 3.8) is 0 Å². The van der Waals surface area contributed by atoms with Crippen molar-refractivity contribution in [3.05, 3.63) is 19.0 Å². The average Bonchev–Trinajstić information content (AvgIpc) is 2.08. The number of nitrogens with zero attached hydrogens (tertiary/aromatic N) is 2. The van der Waals surface area contributed by atoms with E-state index < -0.39 is 12.1 Å². The van der Waals surface area contributed by atoms with Crippen molar-refractivity contribution in [1.29, 1.82) is 5.26 Å². The Hall–Kier alpha value is -0.310. The zero-order chi connectivity index (χ0) is 11.6. The van der Waals surface area contributed by atoms with Gasteiger partial charge in [-0.25, -0.2) is 4.98 Å². The molecule has 15 heavy (non-hydrogen) atoms. The molecule has 0 atom stereocenters. The molecule has 80 valence electrons. The zero-order valence-corrected chi connectivity index (χ0v) is 11.1. The number of hydrogen-bond acceptors (Lipinski definition) is 3. The Balaban J connectivity index is 3.18. The van der Waals surface area contributed by atoms with E-state index in [0.29, 0.717) is 7.27 Å². The van der Waals surface area contributed by atoms with Crippen LogP contribution in [0.1, 0.15) is 5.69 Å². The highest BCUT2D eigenvalue weighted by molar-refractivity contribution is 14.1. The Labute approximate surface area is 110 Å². The van der Waals surface area contributed by atoms with Gasteiger partial charge < -0.3 is 4.74 Å². The highest BCUT2D eigenvalue weighted by atomic mass is 127. The van der Waals surface area contributed by atoms with Gasteiger partial charge in [-0.3, -0.25) is 0 Å². The fraction of sp³-hybridized carbons (Fsp3) is 0.143. The molecule has 0 bridgehead atoms. The van der Waals surface area contributed by atoms with E-state index in [2.05, 4.69) is 9.72 Å². The molecule has 8 heteroatoms. The molecule has 0 saturated heterocycles. The fourth-order valence-corrected chi connectivity index (χ4v) is 1.53. The molecule has 3 nitrogen and oxygen atoms in total. The standard InChI is InChI=1S/C7HF3I2N2O/c8-7(9,10)15-5-1-3(11)6(12)14-4(5)2-13/h1H. The van der Waals surface area contributed by atoms with Gasteiger partial charge >= 0.3 is 6.36 Å². The summed E-state index contributed by atoms with van der Waals surface area (Å²) in [5.41, 5.74) is -0.378. The van der Waals surface area contributed by atoms with Crippen LogP contribution in [-0.4, -0.2) is 11.3 Å². The molecule has 1 heterocycles. The van der Waals surface area contributed by atoms with Crippen molar-refractivity contribution in [1.82, 2.24) is 4.98 Å². The van der Waals surface area contributed by atoms with Gasteiger partial charge in [0.1, 0.15) is 9.77 Å². The first-order valence-corrected chi connectivity index (χ1v) is 5.51. The summed E-state index contributed by atoms with van der Waals surface area (Å²) in [6.45, 7) is 0. The first kappa shape index (κ1) is 12.8. The molecule has 0 aromatic carbocycles. The minimum absolute atomic E-state index is 0.378. The normalized spacial score (nSPS) is 10.9. The second-order valence-electron chi connectivity index (χ2n) is 2.27. The van der Waals surface area contributed by atoms with Crippen LogP contribution in [0.25, 0.3) is 0 Å². The van der Waals surface area contributed by atoms with Gasteiger partial charge in [0.2, 0.25) is 0 Å². The van der Waals surface area contributed by atoms with Crippen LogP contribution in [0, 0.1) is 18.6 Å². The number of hydrogen-bond donors (Lipinski definition) is 0. The number of rotatable bonds is 1. The van der Waals surface area contributed by atoms with E-state index in [9.17, 15) is 13.2 Å². The number of aromatic nitrogens is 1. The molecule has 0 aliphatic heterocycles. The van der Waals surface area contributed by atoms with E-state index in [0.717, 1.165) is 6.07 Å². The molecule has 0 spiro atoms. The Morgan fingerprint density at radius 3 is 2.47 bits per heavy atom. The summed E-state index contributed by atoms with van der Waals surface area (Å²) in [5, 5.41) is 8.56. The summed E-state index contributed by atoms with van der Waals surface area (Å²) in [7, 11) is 0. The van der Waals surface area contributed by atoms with Crippen molar-refractivity contribution in [2.45, 2.75) is 6.36 Å². The second kappa shape index (κ2) is 4.69. The molecule has 1 aromatic heterocycles. The summed E-state index contributed by atoms with van der Waals surface area (Å²) in [6.07, 6.45) is -4.82. The highest BCUT2D eigenvalue weighted by Crippen LogP contribution is 2.28. The third-order valence-corrected chi connectivity index (χ3v) is 3.91. The molecule has 1 rings (SSSR count). The van der Waals surface area contributed by atoms with Gasteiger partial charge in [0, 0.05) is 3.57 Å². The van der Waals surface area contributed by atoms with Gasteiger partial charge in [0.25, 0.3) is 0 Å². The SMILES string of the molecule is N#Cc1nc(I)c(I)cc1OC(F)(F)F. The maximum absolute atomic E-state index is 11.9. The first-order chi connectivity index (χ1) is 6.83. The molecule has 1 aromatic rings. The predicted molar refractivity (Wildman–Crippen MR) is 61.1 cm³/mol. The van der Waals surface area contributed by atoms with E-state index in [1.165, 1.54) is 0 Å². The summed E-state index contributed by atoms with van der Waals surface area (Å²) in [6, 6.07) is 2.67. The second-order valence-corrected chi connectivity index (χ2v) is 4.45. The summed E-state index contributed by atoms with van der Waals surface area (Å²) < 4.78 is 40.4. The van der Waals surface area contributed by atoms with Crippen molar-refractivity contribution in [2.75, 3.05) is 0 Å². The van der Waals surface area contributed by atoms with E-state index in [1.807, 2.05) is 45.2 Å². The van der Waals surface area contributed by atoms with Gasteiger partial charge in [0.15, 0.2) is 11.4 Å². The zero-order valence-electron chi connectivity index (χ0n) is 6.77. The summed E-state index contributed by atoms with van der Waals surface area (Å²) in [5.74, 6) is -0.574. The van der Waals surface area contributed by atoms with E-state index in [-0.39, 0.29) is 5.69 Å². The number of halogens is 5. The summed E-state index contributed by atoms with van der Waals surface area (Å²) >= 11 is 3.63. The highest BCUT2D eigenvalue weighted by Gasteiger charge is 2.32. The maximum Gasteiger partial charge on any atom is 0.573 e. The molecular weight excluding hydrogens is 439 g/mol. The lowest BCUT2D eigenvalue weighted by molar-refractivity contribution is -0.274. The van der Waals surface area contributed by atoms with Crippen LogP contribution in [0.5, 0.6) is 5.75 Å². The Morgan fingerprint density at radius 2 is 2.00 bits per heavy atom. The Bertz CT molecular complexity index is 427. The fourth-order valence-electron chi connectivity index (χ4n) is 0.732. The Kier molecular flexibility index (Phi) is 3.99. The van der Waals surface area contributed by atoms with Crippen LogP contribution >= 0.6 is 45.2 Å². The van der Waals surface area contributed by atoms with Crippen LogP contribution in [0.2, 0.25) is 0 Å². The van der Waals surface area contributed by atoms with Gasteiger partial charge in [-0.1, -0.05) is 0 Å². The van der Waals surface area contributed by atoms with Gasteiger partial charge in [-0.05, 0) is 51.2 Å². The minimum atomic E-state index is -4.82. The minimum Gasteiger partial charge on any atom is -0.403 e. The van der Waals surface area contributed by atoms with E-state index in [4.69, 9.17) is 5.26 Å². The molecule has 0 aliphatic rings. The topological polar surface area (TPSA) is 45.9 Å². The van der Waals surface area contributed by atoms with Crippen molar-refractivity contribution in [3.8, 4) is 11.8 Å². The maximum atomic E-state index is 11.9. The molecule has 0 N–H and O–H groups in total. The van der Waals surface area contributed by atoms with Gasteiger partial charge in [0.05, 0.1) is 0 Å². The molecule has 0 aliphatic carbocycles. The molecule has 0 saturated carbocycles. The van der Waals surface area contributed by atoms with Crippen LogP contribution in [0.3, 0.4) is 0 Å². The lowest BCUT2D eigenvalue weighted by Gasteiger charge is -2.10. The van der Waals surface area contributed by atoms with Crippen molar-refractivity contribution < 1.29 is 17.9 Å². The Morgan fingerprint density at radius 1 is 1.40 bits per heavy atom. The van der Waals surface area contributed by atoms with Crippen LogP contribution in [0.15, 0.2) is 6.07 Å². The van der Waals surface area contributed by atoms with Crippen LogP contribution in [-0.2, 0) is 0 Å². The predicted octanol–water partition coefficient (Wildman–Crippen LogP) is 3.06. The average molecular weight is 440 g/mol. The van der Waals surface area contributed by atoms with Gasteiger partial charge in [-0.15, -0.1) is 13.2 Å². The third-order valence-electron chi connectivity index (χ3n) is 1.23. The molecule has 0 fully saturated rings. The number of alkyl halides is 3. The largest absolute Gasteiger partial charge is 0.573 e. The van der Waals surface area contributed by atoms with Crippen LogP contribution < -0.4 is 4.74 Å². The lowest BCUT2D eigenvalue weighted by Crippen LogP contribution is -2.18. The molecule has 0 radical (unpaired) electrons. The molecular formula is C7HF3I2N2O. The quantitative estimate of drug-likeness (QED) is 0.499.